The van der Waals surface area contributed by atoms with Gasteiger partial charge in [0.15, 0.2) is 5.69 Å². The topological polar surface area (TPSA) is 75.2 Å². The Bertz CT molecular complexity index is 766. The molecule has 104 valence electrons. The zero-order chi connectivity index (χ0) is 14.7. The second-order valence-corrected chi connectivity index (χ2v) is 4.38. The van der Waals surface area contributed by atoms with E-state index in [1.54, 1.807) is 0 Å². The molecule has 2 aromatic carbocycles. The lowest BCUT2D eigenvalue weighted by Crippen LogP contribution is -1.95. The van der Waals surface area contributed by atoms with Crippen LogP contribution in [0.25, 0.3) is 11.3 Å². The third-order valence-corrected chi connectivity index (χ3v) is 2.95. The number of H-pyrrole nitrogens is 1. The lowest BCUT2D eigenvalue weighted by molar-refractivity contribution is 0.0690. The SMILES string of the molecule is O=C(O)c1cc(-c2ccccc2Oc2ccccc2)[nH]n1. The van der Waals surface area contributed by atoms with Gasteiger partial charge in [0.1, 0.15) is 11.5 Å². The van der Waals surface area contributed by atoms with Crippen LogP contribution < -0.4 is 4.74 Å². The van der Waals surface area contributed by atoms with Crippen LogP contribution in [0.1, 0.15) is 10.5 Å². The molecular formula is C16H12N2O3. The molecule has 2 N–H and O–H groups in total. The smallest absolute Gasteiger partial charge is 0.356 e. The lowest BCUT2D eigenvalue weighted by Gasteiger charge is -2.09. The molecule has 0 aliphatic heterocycles. The maximum absolute atomic E-state index is 10.9. The van der Waals surface area contributed by atoms with Crippen molar-refractivity contribution in [3.8, 4) is 22.8 Å². The molecule has 3 aromatic rings. The molecule has 1 heterocycles. The van der Waals surface area contributed by atoms with Crippen LogP contribution in [0.5, 0.6) is 11.5 Å². The highest BCUT2D eigenvalue weighted by Gasteiger charge is 2.13. The number of nitrogens with one attached hydrogen (secondary N) is 1. The minimum absolute atomic E-state index is 0.0282. The maximum atomic E-state index is 10.9. The first-order chi connectivity index (χ1) is 10.2. The van der Waals surface area contributed by atoms with Crippen molar-refractivity contribution in [1.82, 2.24) is 10.2 Å². The molecule has 0 spiro atoms. The Labute approximate surface area is 120 Å². The standard InChI is InChI=1S/C16H12N2O3/c19-16(20)14-10-13(17-18-14)12-8-4-5-9-15(12)21-11-6-2-1-3-7-11/h1-10H,(H,17,18)(H,19,20). The minimum Gasteiger partial charge on any atom is -0.476 e. The molecule has 3 rings (SSSR count). The molecule has 5 nitrogen and oxygen atoms in total. The molecule has 0 saturated carbocycles. The van der Waals surface area contributed by atoms with Gasteiger partial charge in [-0.05, 0) is 30.3 Å². The zero-order valence-corrected chi connectivity index (χ0v) is 11.0. The number of aromatic amines is 1. The third-order valence-electron chi connectivity index (χ3n) is 2.95. The summed E-state index contributed by atoms with van der Waals surface area (Å²) in [4.78, 5) is 10.9. The summed E-state index contributed by atoms with van der Waals surface area (Å²) in [6, 6.07) is 18.3. The van der Waals surface area contributed by atoms with Crippen LogP contribution in [0.15, 0.2) is 60.7 Å². The number of hydrogen-bond donors (Lipinski definition) is 2. The molecule has 0 aliphatic rings. The second kappa shape index (κ2) is 5.50. The van der Waals surface area contributed by atoms with E-state index in [9.17, 15) is 4.79 Å². The highest BCUT2D eigenvalue weighted by Crippen LogP contribution is 2.32. The van der Waals surface area contributed by atoms with Crippen LogP contribution in [-0.4, -0.2) is 21.3 Å². The fraction of sp³-hybridized carbons (Fsp3) is 0. The van der Waals surface area contributed by atoms with Crippen molar-refractivity contribution >= 4 is 5.97 Å². The highest BCUT2D eigenvalue weighted by molar-refractivity contribution is 5.87. The molecular weight excluding hydrogens is 268 g/mol. The summed E-state index contributed by atoms with van der Waals surface area (Å²) in [6.07, 6.45) is 0. The van der Waals surface area contributed by atoms with Crippen molar-refractivity contribution in [3.63, 3.8) is 0 Å². The van der Waals surface area contributed by atoms with E-state index in [0.717, 1.165) is 5.56 Å². The quantitative estimate of drug-likeness (QED) is 0.766. The average molecular weight is 280 g/mol. The third kappa shape index (κ3) is 2.76. The number of para-hydroxylation sites is 2. The van der Waals surface area contributed by atoms with Gasteiger partial charge in [-0.1, -0.05) is 30.3 Å². The van der Waals surface area contributed by atoms with Gasteiger partial charge in [-0.3, -0.25) is 5.10 Å². The van der Waals surface area contributed by atoms with E-state index in [1.807, 2.05) is 54.6 Å². The van der Waals surface area contributed by atoms with Gasteiger partial charge < -0.3 is 9.84 Å². The number of carboxylic acids is 1. The van der Waals surface area contributed by atoms with Crippen molar-refractivity contribution < 1.29 is 14.6 Å². The number of hydrogen-bond acceptors (Lipinski definition) is 3. The monoisotopic (exact) mass is 280 g/mol. The number of ether oxygens (including phenoxy) is 1. The zero-order valence-electron chi connectivity index (χ0n) is 11.0. The first-order valence-electron chi connectivity index (χ1n) is 6.35. The van der Waals surface area contributed by atoms with Crippen LogP contribution in [0.2, 0.25) is 0 Å². The molecule has 0 aliphatic carbocycles. The molecule has 0 atom stereocenters. The van der Waals surface area contributed by atoms with Crippen LogP contribution in [0.3, 0.4) is 0 Å². The molecule has 0 unspecified atom stereocenters. The van der Waals surface area contributed by atoms with Crippen LogP contribution >= 0.6 is 0 Å². The predicted octanol–water partition coefficient (Wildman–Crippen LogP) is 3.57. The Morgan fingerprint density at radius 3 is 2.48 bits per heavy atom. The molecule has 0 amide bonds. The van der Waals surface area contributed by atoms with E-state index in [2.05, 4.69) is 10.2 Å². The Balaban J connectivity index is 1.97. The normalized spacial score (nSPS) is 10.3. The van der Waals surface area contributed by atoms with E-state index < -0.39 is 5.97 Å². The molecule has 0 radical (unpaired) electrons. The minimum atomic E-state index is -1.07. The van der Waals surface area contributed by atoms with Gasteiger partial charge in [-0.25, -0.2) is 4.79 Å². The number of rotatable bonds is 4. The molecule has 0 bridgehead atoms. The van der Waals surface area contributed by atoms with E-state index in [1.165, 1.54) is 6.07 Å². The average Bonchev–Trinajstić information content (AvgIpc) is 2.99. The summed E-state index contributed by atoms with van der Waals surface area (Å²) in [5.74, 6) is 0.270. The highest BCUT2D eigenvalue weighted by atomic mass is 16.5. The van der Waals surface area contributed by atoms with Gasteiger partial charge in [-0.2, -0.15) is 5.10 Å². The van der Waals surface area contributed by atoms with Gasteiger partial charge in [0, 0.05) is 5.56 Å². The Kier molecular flexibility index (Phi) is 3.39. The van der Waals surface area contributed by atoms with Gasteiger partial charge in [0.2, 0.25) is 0 Å². The van der Waals surface area contributed by atoms with Crippen molar-refractivity contribution in [2.24, 2.45) is 0 Å². The molecule has 21 heavy (non-hydrogen) atoms. The predicted molar refractivity (Wildman–Crippen MR) is 77.5 cm³/mol. The number of nitrogens with zero attached hydrogens (tertiary/aromatic N) is 1. The first kappa shape index (κ1) is 12.9. The van der Waals surface area contributed by atoms with Crippen molar-refractivity contribution in [3.05, 3.63) is 66.4 Å². The van der Waals surface area contributed by atoms with E-state index >= 15 is 0 Å². The van der Waals surface area contributed by atoms with Crippen molar-refractivity contribution in [2.75, 3.05) is 0 Å². The largest absolute Gasteiger partial charge is 0.476 e. The summed E-state index contributed by atoms with van der Waals surface area (Å²) in [5, 5.41) is 15.4. The van der Waals surface area contributed by atoms with Gasteiger partial charge in [0.05, 0.1) is 5.69 Å². The molecule has 5 heteroatoms. The number of aromatic carboxylic acids is 1. The first-order valence-corrected chi connectivity index (χ1v) is 6.35. The van der Waals surface area contributed by atoms with Gasteiger partial charge in [0.25, 0.3) is 0 Å². The van der Waals surface area contributed by atoms with Crippen LogP contribution in [0, 0.1) is 0 Å². The Morgan fingerprint density at radius 2 is 1.76 bits per heavy atom. The molecule has 0 fully saturated rings. The Morgan fingerprint density at radius 1 is 1.05 bits per heavy atom. The molecule has 1 aromatic heterocycles. The van der Waals surface area contributed by atoms with Crippen molar-refractivity contribution in [2.45, 2.75) is 0 Å². The fourth-order valence-electron chi connectivity index (χ4n) is 1.96. The fourth-order valence-corrected chi connectivity index (χ4v) is 1.96. The number of carbonyl (C=O) groups is 1. The maximum Gasteiger partial charge on any atom is 0.356 e. The molecule has 0 saturated heterocycles. The number of carboxylic acid groups (broad SMARTS) is 1. The second-order valence-electron chi connectivity index (χ2n) is 4.38. The van der Waals surface area contributed by atoms with E-state index in [-0.39, 0.29) is 5.69 Å². The van der Waals surface area contributed by atoms with Gasteiger partial charge >= 0.3 is 5.97 Å². The van der Waals surface area contributed by atoms with Crippen molar-refractivity contribution in [1.29, 1.82) is 0 Å². The van der Waals surface area contributed by atoms with Crippen LogP contribution in [-0.2, 0) is 0 Å². The van der Waals surface area contributed by atoms with Crippen LogP contribution in [0.4, 0.5) is 0 Å². The number of aromatic nitrogens is 2. The summed E-state index contributed by atoms with van der Waals surface area (Å²) in [6.45, 7) is 0. The van der Waals surface area contributed by atoms with E-state index in [4.69, 9.17) is 9.84 Å². The summed E-state index contributed by atoms with van der Waals surface area (Å²) in [7, 11) is 0. The summed E-state index contributed by atoms with van der Waals surface area (Å²) < 4.78 is 5.84. The summed E-state index contributed by atoms with van der Waals surface area (Å²) in [5.41, 5.74) is 1.32. The summed E-state index contributed by atoms with van der Waals surface area (Å²) >= 11 is 0. The lowest BCUT2D eigenvalue weighted by atomic mass is 10.1. The number of benzene rings is 2. The van der Waals surface area contributed by atoms with Gasteiger partial charge in [-0.15, -0.1) is 0 Å². The Hall–Kier alpha value is -3.08. The van der Waals surface area contributed by atoms with E-state index in [0.29, 0.717) is 17.2 Å².